The van der Waals surface area contributed by atoms with Crippen LogP contribution in [0.2, 0.25) is 0 Å². The van der Waals surface area contributed by atoms with Crippen LogP contribution in [0.25, 0.3) is 0 Å². The molecule has 1 atom stereocenters. The number of halogens is 1. The van der Waals surface area contributed by atoms with Crippen molar-refractivity contribution < 1.29 is 13.9 Å². The lowest BCUT2D eigenvalue weighted by Crippen LogP contribution is -2.40. The Morgan fingerprint density at radius 1 is 1.35 bits per heavy atom. The summed E-state index contributed by atoms with van der Waals surface area (Å²) in [7, 11) is 0. The van der Waals surface area contributed by atoms with E-state index in [4.69, 9.17) is 10.5 Å². The molecule has 1 aromatic rings. The quantitative estimate of drug-likeness (QED) is 0.872. The summed E-state index contributed by atoms with van der Waals surface area (Å²) in [6.45, 7) is 5.78. The average Bonchev–Trinajstić information content (AvgIpc) is 2.33. The van der Waals surface area contributed by atoms with Crippen LogP contribution in [0.3, 0.4) is 0 Å². The number of carbonyl (C=O) groups is 1. The molecule has 0 aromatic heterocycles. The summed E-state index contributed by atoms with van der Waals surface area (Å²) < 4.78 is 17.9. The predicted octanol–water partition coefficient (Wildman–Crippen LogP) is 2.61. The molecule has 0 bridgehead atoms. The summed E-state index contributed by atoms with van der Waals surface area (Å²) >= 11 is 0. The maximum atomic E-state index is 12.7. The fourth-order valence-corrected chi connectivity index (χ4v) is 1.63. The molecule has 20 heavy (non-hydrogen) atoms. The summed E-state index contributed by atoms with van der Waals surface area (Å²) in [5.41, 5.74) is 6.43. The van der Waals surface area contributed by atoms with Crippen molar-refractivity contribution in [3.05, 3.63) is 35.6 Å². The zero-order chi connectivity index (χ0) is 15.2. The van der Waals surface area contributed by atoms with Gasteiger partial charge in [0.05, 0.1) is 0 Å². The van der Waals surface area contributed by atoms with Gasteiger partial charge in [-0.25, -0.2) is 9.18 Å². The van der Waals surface area contributed by atoms with E-state index in [-0.39, 0.29) is 11.9 Å². The number of hydrogen-bond acceptors (Lipinski definition) is 3. The molecular weight excluding hydrogens is 259 g/mol. The Bertz CT molecular complexity index is 426. The van der Waals surface area contributed by atoms with Crippen LogP contribution in [0, 0.1) is 5.82 Å². The number of aryl methyl sites for hydroxylation is 1. The van der Waals surface area contributed by atoms with Crippen LogP contribution in [0.15, 0.2) is 24.3 Å². The van der Waals surface area contributed by atoms with Crippen LogP contribution >= 0.6 is 0 Å². The third-order valence-electron chi connectivity index (χ3n) is 2.62. The molecule has 1 unspecified atom stereocenters. The van der Waals surface area contributed by atoms with Crippen molar-refractivity contribution >= 4 is 6.09 Å². The number of carbonyl (C=O) groups excluding carboxylic acids is 1. The Morgan fingerprint density at radius 3 is 2.50 bits per heavy atom. The molecule has 0 saturated heterocycles. The van der Waals surface area contributed by atoms with E-state index in [1.807, 2.05) is 0 Å². The van der Waals surface area contributed by atoms with Crippen LogP contribution in [0.1, 0.15) is 32.8 Å². The highest BCUT2D eigenvalue weighted by Crippen LogP contribution is 2.08. The Balaban J connectivity index is 2.25. The second-order valence-corrected chi connectivity index (χ2v) is 5.81. The van der Waals surface area contributed by atoms with E-state index in [1.54, 1.807) is 32.9 Å². The van der Waals surface area contributed by atoms with Gasteiger partial charge in [0.1, 0.15) is 11.4 Å². The van der Waals surface area contributed by atoms with Crippen LogP contribution in [-0.4, -0.2) is 24.3 Å². The smallest absolute Gasteiger partial charge is 0.407 e. The summed E-state index contributed by atoms with van der Waals surface area (Å²) in [4.78, 5) is 11.4. The number of alkyl carbamates (subject to hydrolysis) is 1. The fraction of sp³-hybridized carbons (Fsp3) is 0.533. The van der Waals surface area contributed by atoms with Gasteiger partial charge in [0.2, 0.25) is 0 Å². The molecule has 0 saturated carbocycles. The molecule has 0 radical (unpaired) electrons. The number of amides is 1. The van der Waals surface area contributed by atoms with E-state index in [2.05, 4.69) is 5.32 Å². The maximum absolute atomic E-state index is 12.7. The summed E-state index contributed by atoms with van der Waals surface area (Å²) in [6, 6.07) is 6.18. The third kappa shape index (κ3) is 7.09. The Hall–Kier alpha value is -1.62. The molecule has 1 aromatic carbocycles. The number of nitrogens with two attached hydrogens (primary N) is 1. The number of hydrogen-bond donors (Lipinski definition) is 2. The lowest BCUT2D eigenvalue weighted by molar-refractivity contribution is 0.0524. The minimum atomic E-state index is -0.512. The van der Waals surface area contributed by atoms with Crippen molar-refractivity contribution in [3.63, 3.8) is 0 Å². The minimum absolute atomic E-state index is 0.160. The molecule has 0 spiro atoms. The summed E-state index contributed by atoms with van der Waals surface area (Å²) in [5.74, 6) is -0.246. The van der Waals surface area contributed by atoms with Crippen molar-refractivity contribution in [3.8, 4) is 0 Å². The van der Waals surface area contributed by atoms with Crippen molar-refractivity contribution in [2.45, 2.75) is 45.3 Å². The van der Waals surface area contributed by atoms with Gasteiger partial charge in [-0.3, -0.25) is 0 Å². The van der Waals surface area contributed by atoms with E-state index in [1.165, 1.54) is 12.1 Å². The highest BCUT2D eigenvalue weighted by atomic mass is 19.1. The van der Waals surface area contributed by atoms with Crippen LogP contribution in [0.5, 0.6) is 0 Å². The van der Waals surface area contributed by atoms with E-state index < -0.39 is 11.7 Å². The first-order valence-corrected chi connectivity index (χ1v) is 6.73. The van der Waals surface area contributed by atoms with Crippen LogP contribution in [-0.2, 0) is 11.2 Å². The molecule has 0 fully saturated rings. The lowest BCUT2D eigenvalue weighted by Gasteiger charge is -2.20. The zero-order valence-corrected chi connectivity index (χ0v) is 12.3. The molecule has 1 amide bonds. The maximum Gasteiger partial charge on any atom is 0.407 e. The van der Waals surface area contributed by atoms with Crippen molar-refractivity contribution in [2.24, 2.45) is 5.73 Å². The van der Waals surface area contributed by atoms with Crippen LogP contribution < -0.4 is 11.1 Å². The van der Waals surface area contributed by atoms with Crippen LogP contribution in [0.4, 0.5) is 9.18 Å². The standard InChI is InChI=1S/C15H23FN2O2/c1-15(2,3)20-14(19)18-10-13(17)9-6-11-4-7-12(16)8-5-11/h4-5,7-8,13H,6,9-10,17H2,1-3H3,(H,18,19). The number of rotatable bonds is 5. The molecule has 0 aliphatic rings. The Morgan fingerprint density at radius 2 is 1.95 bits per heavy atom. The normalized spacial score (nSPS) is 12.8. The predicted molar refractivity (Wildman–Crippen MR) is 76.9 cm³/mol. The molecule has 4 nitrogen and oxygen atoms in total. The van der Waals surface area contributed by atoms with Gasteiger partial charge in [0, 0.05) is 12.6 Å². The average molecular weight is 282 g/mol. The summed E-state index contributed by atoms with van der Waals surface area (Å²) in [5, 5.41) is 2.64. The molecule has 0 heterocycles. The monoisotopic (exact) mass is 282 g/mol. The van der Waals surface area contributed by atoms with E-state index in [0.29, 0.717) is 13.0 Å². The van der Waals surface area contributed by atoms with Gasteiger partial charge in [-0.05, 0) is 51.3 Å². The fourth-order valence-electron chi connectivity index (χ4n) is 1.63. The van der Waals surface area contributed by atoms with Crippen molar-refractivity contribution in [1.29, 1.82) is 0 Å². The third-order valence-corrected chi connectivity index (χ3v) is 2.62. The molecule has 3 N–H and O–H groups in total. The van der Waals surface area contributed by atoms with Gasteiger partial charge in [-0.15, -0.1) is 0 Å². The topological polar surface area (TPSA) is 64.3 Å². The van der Waals surface area contributed by atoms with Gasteiger partial charge in [0.15, 0.2) is 0 Å². The highest BCUT2D eigenvalue weighted by molar-refractivity contribution is 5.67. The molecule has 5 heteroatoms. The van der Waals surface area contributed by atoms with Crippen molar-refractivity contribution in [2.75, 3.05) is 6.54 Å². The van der Waals surface area contributed by atoms with E-state index in [9.17, 15) is 9.18 Å². The van der Waals surface area contributed by atoms with Gasteiger partial charge < -0.3 is 15.8 Å². The zero-order valence-electron chi connectivity index (χ0n) is 12.3. The van der Waals surface area contributed by atoms with Gasteiger partial charge in [-0.1, -0.05) is 12.1 Å². The molecule has 112 valence electrons. The second kappa shape index (κ2) is 7.24. The van der Waals surface area contributed by atoms with Gasteiger partial charge in [-0.2, -0.15) is 0 Å². The lowest BCUT2D eigenvalue weighted by atomic mass is 10.1. The minimum Gasteiger partial charge on any atom is -0.444 e. The van der Waals surface area contributed by atoms with Gasteiger partial charge in [0.25, 0.3) is 0 Å². The largest absolute Gasteiger partial charge is 0.444 e. The number of nitrogens with one attached hydrogen (secondary N) is 1. The second-order valence-electron chi connectivity index (χ2n) is 5.81. The summed E-state index contributed by atoms with van der Waals surface area (Å²) in [6.07, 6.45) is 0.994. The molecule has 0 aliphatic carbocycles. The highest BCUT2D eigenvalue weighted by Gasteiger charge is 2.16. The van der Waals surface area contributed by atoms with Gasteiger partial charge >= 0.3 is 6.09 Å². The van der Waals surface area contributed by atoms with Crippen molar-refractivity contribution in [1.82, 2.24) is 5.32 Å². The first-order chi connectivity index (χ1) is 9.26. The molecule has 1 rings (SSSR count). The first-order valence-electron chi connectivity index (χ1n) is 6.73. The molecular formula is C15H23FN2O2. The Labute approximate surface area is 119 Å². The SMILES string of the molecule is CC(C)(C)OC(=O)NCC(N)CCc1ccc(F)cc1. The van der Waals surface area contributed by atoms with E-state index >= 15 is 0 Å². The number of benzene rings is 1. The van der Waals surface area contributed by atoms with E-state index in [0.717, 1.165) is 12.0 Å². The first kappa shape index (κ1) is 16.4. The number of ether oxygens (including phenoxy) is 1. The Kier molecular flexibility index (Phi) is 5.95. The molecule has 0 aliphatic heterocycles.